The van der Waals surface area contributed by atoms with Crippen molar-refractivity contribution in [3.63, 3.8) is 0 Å². The van der Waals surface area contributed by atoms with E-state index in [0.29, 0.717) is 56.2 Å². The first-order chi connectivity index (χ1) is 26.7. The lowest BCUT2D eigenvalue weighted by Gasteiger charge is -2.38. The largest absolute Gasteiger partial charge is 0.478 e. The van der Waals surface area contributed by atoms with Gasteiger partial charge in [-0.25, -0.2) is 18.0 Å². The Bertz CT molecular complexity index is 2420. The molecule has 6 aromatic rings. The van der Waals surface area contributed by atoms with Gasteiger partial charge in [-0.15, -0.1) is 0 Å². The molecule has 1 aliphatic heterocycles. The second kappa shape index (κ2) is 16.7. The number of esters is 1. The number of carbonyl (C=O) groups is 2. The molecule has 55 heavy (non-hydrogen) atoms. The third kappa shape index (κ3) is 7.74. The van der Waals surface area contributed by atoms with Crippen molar-refractivity contribution in [3.05, 3.63) is 113 Å². The minimum absolute atomic E-state index is 0.0244. The Labute approximate surface area is 322 Å². The maximum Gasteiger partial charge on any atom is 0.340 e. The monoisotopic (exact) mass is 761 g/mol. The quantitative estimate of drug-likeness (QED) is 0.0451. The third-order valence-corrected chi connectivity index (χ3v) is 12.6. The summed E-state index contributed by atoms with van der Waals surface area (Å²) in [4.78, 5) is 32.7. The number of rotatable bonds is 20. The zero-order chi connectivity index (χ0) is 38.4. The van der Waals surface area contributed by atoms with Gasteiger partial charge in [-0.1, -0.05) is 145 Å². The van der Waals surface area contributed by atoms with Crippen LogP contribution in [0.3, 0.4) is 0 Å². The van der Waals surface area contributed by atoms with Crippen LogP contribution in [0.25, 0.3) is 32.6 Å². The molecule has 3 heterocycles. The highest BCUT2D eigenvalue weighted by atomic mass is 32.2. The number of anilines is 1. The van der Waals surface area contributed by atoms with Crippen LogP contribution in [0.5, 0.6) is 0 Å². The number of aromatic nitrogens is 2. The first-order valence-corrected chi connectivity index (χ1v) is 21.6. The second-order valence-corrected chi connectivity index (χ2v) is 16.8. The predicted molar refractivity (Wildman–Crippen MR) is 221 cm³/mol. The van der Waals surface area contributed by atoms with Crippen LogP contribution in [0.1, 0.15) is 134 Å². The molecule has 0 radical (unpaired) electrons. The number of cyclic esters (lactones) is 1. The smallest absolute Gasteiger partial charge is 0.340 e. The average Bonchev–Trinajstić information content (AvgIpc) is 3.82. The summed E-state index contributed by atoms with van der Waals surface area (Å²) in [5.74, 6) is -1.58. The van der Waals surface area contributed by atoms with E-state index in [1.165, 1.54) is 70.3 Å². The molecule has 2 aromatic heterocycles. The minimum Gasteiger partial charge on any atom is -0.478 e. The van der Waals surface area contributed by atoms with Crippen LogP contribution < -0.4 is 4.72 Å². The van der Waals surface area contributed by atoms with Crippen LogP contribution in [0, 0.1) is 0 Å². The summed E-state index contributed by atoms with van der Waals surface area (Å²) >= 11 is 0. The highest BCUT2D eigenvalue weighted by molar-refractivity contribution is 7.92. The Hall–Kier alpha value is -5.09. The maximum atomic E-state index is 14.0. The Kier molecular flexibility index (Phi) is 11.6. The lowest BCUT2D eigenvalue weighted by molar-refractivity contribution is 0.0135. The van der Waals surface area contributed by atoms with Gasteiger partial charge >= 0.3 is 11.9 Å². The van der Waals surface area contributed by atoms with Crippen molar-refractivity contribution in [3.8, 4) is 0 Å². The van der Waals surface area contributed by atoms with E-state index in [-0.39, 0.29) is 11.3 Å². The fraction of sp³-hybridized carbons (Fsp3) is 0.378. The molecule has 1 atom stereocenters. The number of benzene rings is 4. The first kappa shape index (κ1) is 38.2. The molecule has 1 aliphatic rings. The van der Waals surface area contributed by atoms with Crippen molar-refractivity contribution in [1.29, 1.82) is 0 Å². The lowest BCUT2D eigenvalue weighted by atomic mass is 9.75. The van der Waals surface area contributed by atoms with Gasteiger partial charge in [-0.2, -0.15) is 0 Å². The number of carboxylic acids is 1. The molecule has 4 aromatic carbocycles. The number of aromatic carboxylic acids is 1. The van der Waals surface area contributed by atoms with Crippen LogP contribution in [0.15, 0.2) is 85.2 Å². The number of hydrogen-bond donors (Lipinski definition) is 4. The number of carbonyl (C=O) groups excluding carboxylic acids is 1. The number of sulfonamides is 1. The highest BCUT2D eigenvalue weighted by Gasteiger charge is 2.48. The zero-order valence-electron chi connectivity index (χ0n) is 31.6. The lowest BCUT2D eigenvalue weighted by Crippen LogP contribution is -2.38. The van der Waals surface area contributed by atoms with Gasteiger partial charge in [0, 0.05) is 45.2 Å². The molecule has 0 saturated carbocycles. The van der Waals surface area contributed by atoms with Gasteiger partial charge in [0.05, 0.1) is 33.6 Å². The van der Waals surface area contributed by atoms with Crippen LogP contribution >= 0.6 is 0 Å². The van der Waals surface area contributed by atoms with E-state index in [2.05, 4.69) is 21.6 Å². The molecule has 288 valence electrons. The summed E-state index contributed by atoms with van der Waals surface area (Å²) in [5.41, 5.74) is 2.23. The molecule has 7 rings (SSSR count). The molecule has 0 fully saturated rings. The Morgan fingerprint density at radius 1 is 0.691 bits per heavy atom. The summed E-state index contributed by atoms with van der Waals surface area (Å²) in [6.45, 7) is 2.25. The van der Waals surface area contributed by atoms with Gasteiger partial charge < -0.3 is 19.8 Å². The molecule has 9 nitrogen and oxygen atoms in total. The van der Waals surface area contributed by atoms with Crippen molar-refractivity contribution >= 4 is 60.2 Å². The third-order valence-electron chi connectivity index (χ3n) is 11.2. The van der Waals surface area contributed by atoms with Crippen molar-refractivity contribution in [2.75, 3.05) is 10.5 Å². The van der Waals surface area contributed by atoms with Crippen molar-refractivity contribution in [2.45, 2.75) is 102 Å². The van der Waals surface area contributed by atoms with Gasteiger partial charge in [0.25, 0.3) is 0 Å². The van der Waals surface area contributed by atoms with Gasteiger partial charge in [-0.3, -0.25) is 4.72 Å². The molecule has 0 unspecified atom stereocenters. The summed E-state index contributed by atoms with van der Waals surface area (Å²) in [6, 6.07) is 21.7. The number of carboxylic acid groups (broad SMARTS) is 1. The predicted octanol–water partition coefficient (Wildman–Crippen LogP) is 11.2. The normalized spacial score (nSPS) is 15.5. The van der Waals surface area contributed by atoms with Crippen LogP contribution in [-0.4, -0.2) is 41.2 Å². The minimum atomic E-state index is -3.66. The van der Waals surface area contributed by atoms with Crippen LogP contribution in [-0.2, 0) is 20.4 Å². The number of para-hydroxylation sites is 2. The summed E-state index contributed by atoms with van der Waals surface area (Å²) in [6.07, 6.45) is 20.2. The Morgan fingerprint density at radius 2 is 1.24 bits per heavy atom. The molecule has 4 N–H and O–H groups in total. The highest BCUT2D eigenvalue weighted by Crippen LogP contribution is 2.52. The van der Waals surface area contributed by atoms with E-state index in [1.807, 2.05) is 42.5 Å². The topological polar surface area (TPSA) is 141 Å². The molecule has 0 bridgehead atoms. The first-order valence-electron chi connectivity index (χ1n) is 20.0. The molecule has 0 saturated heterocycles. The fourth-order valence-corrected chi connectivity index (χ4v) is 9.65. The second-order valence-electron chi connectivity index (χ2n) is 15.0. The number of ether oxygens (including phenoxy) is 1. The van der Waals surface area contributed by atoms with Crippen molar-refractivity contribution < 1.29 is 27.9 Å². The Balaban J connectivity index is 1.11. The molecule has 0 aliphatic carbocycles. The van der Waals surface area contributed by atoms with Crippen molar-refractivity contribution in [1.82, 2.24) is 9.97 Å². The number of aromatic amines is 2. The fourth-order valence-electron chi connectivity index (χ4n) is 8.46. The summed E-state index contributed by atoms with van der Waals surface area (Å²) < 4.78 is 36.3. The number of unbranched alkanes of at least 4 members (excludes halogenated alkanes) is 13. The van der Waals surface area contributed by atoms with Crippen molar-refractivity contribution in [2.24, 2.45) is 0 Å². The van der Waals surface area contributed by atoms with Gasteiger partial charge in [0.1, 0.15) is 0 Å². The van der Waals surface area contributed by atoms with Crippen LogP contribution in [0.2, 0.25) is 0 Å². The van der Waals surface area contributed by atoms with E-state index in [9.17, 15) is 23.1 Å². The van der Waals surface area contributed by atoms with Gasteiger partial charge in [0.15, 0.2) is 5.60 Å². The maximum absolute atomic E-state index is 14.0. The number of fused-ring (bicyclic) bond motifs is 2. The molecular weight excluding hydrogens is 711 g/mol. The number of hydrogen-bond acceptors (Lipinski definition) is 5. The molecule has 10 heteroatoms. The zero-order valence-corrected chi connectivity index (χ0v) is 32.4. The number of H-pyrrole nitrogens is 2. The van der Waals surface area contributed by atoms with E-state index in [1.54, 1.807) is 36.7 Å². The van der Waals surface area contributed by atoms with E-state index in [4.69, 9.17) is 4.74 Å². The van der Waals surface area contributed by atoms with E-state index < -0.39 is 27.6 Å². The van der Waals surface area contributed by atoms with Gasteiger partial charge in [0.2, 0.25) is 10.0 Å². The van der Waals surface area contributed by atoms with Gasteiger partial charge in [-0.05, 0) is 30.0 Å². The van der Waals surface area contributed by atoms with Crippen LogP contribution in [0.4, 0.5) is 5.69 Å². The SMILES string of the molecule is CCCCCCCCCCCCCCCCS(=O)(=O)Nc1cccc2c([C@@]3(c4c[nH]c5c(C(=O)O)cccc45)OC(=O)c4cccc5cccc3c45)c[nH]c12. The number of nitrogens with one attached hydrogen (secondary N) is 3. The summed E-state index contributed by atoms with van der Waals surface area (Å²) in [7, 11) is -3.66. The average molecular weight is 762 g/mol. The molecule has 0 amide bonds. The molecule has 0 spiro atoms. The molecular formula is C45H51N3O6S. The Morgan fingerprint density at radius 3 is 1.87 bits per heavy atom. The van der Waals surface area contributed by atoms with E-state index in [0.717, 1.165) is 30.0 Å². The summed E-state index contributed by atoms with van der Waals surface area (Å²) in [5, 5.41) is 12.8. The standard InChI is InChI=1S/C45H51N3O6S/c1-2-3-4-5-6-7-8-9-10-11-12-13-14-15-28-55(52,53)48-39-27-19-23-33-38(30-47-42(33)39)45(37-29-46-41-32(37)22-18-25-35(41)43(49)50)36-26-17-21-31-20-16-24-34(40(31)36)44(51)54-45/h16-27,29-30,46-48H,2-15,28H2,1H3,(H,49,50)/t45-/m1/s1. The van der Waals surface area contributed by atoms with E-state index >= 15 is 0 Å².